The van der Waals surface area contributed by atoms with Crippen LogP contribution in [-0.2, 0) is 6.54 Å². The number of rotatable bonds is 4. The molecule has 21 heavy (non-hydrogen) atoms. The van der Waals surface area contributed by atoms with Crippen LogP contribution in [0.5, 0.6) is 5.75 Å². The van der Waals surface area contributed by atoms with Crippen molar-refractivity contribution in [1.29, 1.82) is 0 Å². The SMILES string of the molecule is COc1ccc(C(=O)NCc2ccc(F)c(Cl)c2)cc1F. The zero-order valence-electron chi connectivity index (χ0n) is 11.1. The van der Waals surface area contributed by atoms with E-state index in [2.05, 4.69) is 5.32 Å². The van der Waals surface area contributed by atoms with Crippen molar-refractivity contribution in [1.82, 2.24) is 5.32 Å². The average Bonchev–Trinajstić information content (AvgIpc) is 2.48. The van der Waals surface area contributed by atoms with Crippen molar-refractivity contribution in [2.75, 3.05) is 7.11 Å². The third-order valence-electron chi connectivity index (χ3n) is 2.85. The van der Waals surface area contributed by atoms with Crippen LogP contribution in [-0.4, -0.2) is 13.0 Å². The molecule has 2 rings (SSSR count). The molecule has 2 aromatic rings. The highest BCUT2D eigenvalue weighted by Gasteiger charge is 2.10. The Morgan fingerprint density at radius 1 is 1.19 bits per heavy atom. The Morgan fingerprint density at radius 3 is 2.57 bits per heavy atom. The maximum atomic E-state index is 13.5. The van der Waals surface area contributed by atoms with E-state index in [1.165, 1.54) is 37.4 Å². The van der Waals surface area contributed by atoms with Crippen LogP contribution < -0.4 is 10.1 Å². The molecule has 0 saturated carbocycles. The molecule has 2 aromatic carbocycles. The second kappa shape index (κ2) is 6.54. The van der Waals surface area contributed by atoms with Gasteiger partial charge in [-0.3, -0.25) is 4.79 Å². The van der Waals surface area contributed by atoms with E-state index in [0.29, 0.717) is 5.56 Å². The molecule has 0 aromatic heterocycles. The summed E-state index contributed by atoms with van der Waals surface area (Å²) < 4.78 is 31.3. The van der Waals surface area contributed by atoms with Crippen LogP contribution in [0.1, 0.15) is 15.9 Å². The summed E-state index contributed by atoms with van der Waals surface area (Å²) in [6, 6.07) is 8.07. The van der Waals surface area contributed by atoms with Gasteiger partial charge < -0.3 is 10.1 Å². The van der Waals surface area contributed by atoms with Crippen molar-refractivity contribution in [3.8, 4) is 5.75 Å². The Labute approximate surface area is 125 Å². The summed E-state index contributed by atoms with van der Waals surface area (Å²) in [7, 11) is 1.34. The third kappa shape index (κ3) is 3.70. The summed E-state index contributed by atoms with van der Waals surface area (Å²) in [5.74, 6) is -1.52. The van der Waals surface area contributed by atoms with Gasteiger partial charge in [0.1, 0.15) is 5.82 Å². The number of halogens is 3. The van der Waals surface area contributed by atoms with E-state index in [9.17, 15) is 13.6 Å². The Bertz CT molecular complexity index is 677. The lowest BCUT2D eigenvalue weighted by atomic mass is 10.1. The monoisotopic (exact) mass is 311 g/mol. The maximum Gasteiger partial charge on any atom is 0.251 e. The quantitative estimate of drug-likeness (QED) is 0.937. The first kappa shape index (κ1) is 15.3. The van der Waals surface area contributed by atoms with Gasteiger partial charge in [-0.05, 0) is 35.9 Å². The van der Waals surface area contributed by atoms with Crippen molar-refractivity contribution >= 4 is 17.5 Å². The molecule has 0 atom stereocenters. The highest BCUT2D eigenvalue weighted by Crippen LogP contribution is 2.18. The van der Waals surface area contributed by atoms with Gasteiger partial charge in [-0.2, -0.15) is 0 Å². The number of carbonyl (C=O) groups is 1. The van der Waals surface area contributed by atoms with Gasteiger partial charge in [-0.1, -0.05) is 17.7 Å². The molecule has 0 radical (unpaired) electrons. The normalized spacial score (nSPS) is 10.3. The molecule has 0 saturated heterocycles. The number of nitrogens with one attached hydrogen (secondary N) is 1. The Hall–Kier alpha value is -2.14. The standard InChI is InChI=1S/C15H12ClF2NO2/c1-21-14-5-3-10(7-13(14)18)15(20)19-8-9-2-4-12(17)11(16)6-9/h2-7H,8H2,1H3,(H,19,20). The molecular weight excluding hydrogens is 300 g/mol. The lowest BCUT2D eigenvalue weighted by Crippen LogP contribution is -2.22. The molecular formula is C15H12ClF2NO2. The molecule has 1 N–H and O–H groups in total. The number of methoxy groups -OCH3 is 1. The number of carbonyl (C=O) groups excluding carboxylic acids is 1. The summed E-state index contributed by atoms with van der Waals surface area (Å²) in [6.07, 6.45) is 0. The van der Waals surface area contributed by atoms with Gasteiger partial charge in [0.15, 0.2) is 11.6 Å². The van der Waals surface area contributed by atoms with E-state index in [1.807, 2.05) is 0 Å². The van der Waals surface area contributed by atoms with Gasteiger partial charge in [0.2, 0.25) is 0 Å². The molecule has 0 aliphatic rings. The Kier molecular flexibility index (Phi) is 4.75. The predicted octanol–water partition coefficient (Wildman–Crippen LogP) is 3.56. The fourth-order valence-corrected chi connectivity index (χ4v) is 1.94. The first-order valence-electron chi connectivity index (χ1n) is 6.07. The van der Waals surface area contributed by atoms with Gasteiger partial charge in [0, 0.05) is 12.1 Å². The molecule has 0 aliphatic heterocycles. The minimum atomic E-state index is -0.616. The first-order chi connectivity index (χ1) is 10.0. The molecule has 0 fully saturated rings. The van der Waals surface area contributed by atoms with Crippen LogP contribution in [0.2, 0.25) is 5.02 Å². The highest BCUT2D eigenvalue weighted by molar-refractivity contribution is 6.30. The van der Waals surface area contributed by atoms with Crippen molar-refractivity contribution in [3.63, 3.8) is 0 Å². The lowest BCUT2D eigenvalue weighted by Gasteiger charge is -2.07. The van der Waals surface area contributed by atoms with Crippen molar-refractivity contribution < 1.29 is 18.3 Å². The molecule has 0 unspecified atom stereocenters. The summed E-state index contributed by atoms with van der Waals surface area (Å²) in [4.78, 5) is 11.9. The second-order valence-electron chi connectivity index (χ2n) is 4.28. The van der Waals surface area contributed by atoms with Gasteiger partial charge in [0.25, 0.3) is 5.91 Å². The van der Waals surface area contributed by atoms with Crippen molar-refractivity contribution in [3.05, 3.63) is 64.2 Å². The minimum Gasteiger partial charge on any atom is -0.494 e. The molecule has 3 nitrogen and oxygen atoms in total. The molecule has 6 heteroatoms. The van der Waals surface area contributed by atoms with E-state index < -0.39 is 17.5 Å². The first-order valence-corrected chi connectivity index (χ1v) is 6.44. The summed E-state index contributed by atoms with van der Waals surface area (Å²) >= 11 is 5.65. The van der Waals surface area contributed by atoms with Crippen LogP contribution >= 0.6 is 11.6 Å². The Morgan fingerprint density at radius 2 is 1.95 bits per heavy atom. The zero-order valence-corrected chi connectivity index (χ0v) is 11.9. The summed E-state index contributed by atoms with van der Waals surface area (Å²) in [6.45, 7) is 0.159. The van der Waals surface area contributed by atoms with E-state index in [4.69, 9.17) is 16.3 Å². The second-order valence-corrected chi connectivity index (χ2v) is 4.69. The minimum absolute atomic E-state index is 0.0164. The van der Waals surface area contributed by atoms with E-state index >= 15 is 0 Å². The average molecular weight is 312 g/mol. The third-order valence-corrected chi connectivity index (χ3v) is 3.14. The Balaban J connectivity index is 2.04. The number of hydrogen-bond acceptors (Lipinski definition) is 2. The van der Waals surface area contributed by atoms with Crippen molar-refractivity contribution in [2.24, 2.45) is 0 Å². The molecule has 110 valence electrons. The topological polar surface area (TPSA) is 38.3 Å². The van der Waals surface area contributed by atoms with Crippen LogP contribution in [0.25, 0.3) is 0 Å². The number of ether oxygens (including phenoxy) is 1. The highest BCUT2D eigenvalue weighted by atomic mass is 35.5. The smallest absolute Gasteiger partial charge is 0.251 e. The van der Waals surface area contributed by atoms with Gasteiger partial charge >= 0.3 is 0 Å². The molecule has 0 aliphatic carbocycles. The van der Waals surface area contributed by atoms with Gasteiger partial charge in [0.05, 0.1) is 12.1 Å². The lowest BCUT2D eigenvalue weighted by molar-refractivity contribution is 0.0950. The van der Waals surface area contributed by atoms with Crippen LogP contribution in [0, 0.1) is 11.6 Å². The summed E-state index contributed by atoms with van der Waals surface area (Å²) in [5.41, 5.74) is 0.810. The van der Waals surface area contributed by atoms with Crippen LogP contribution in [0.15, 0.2) is 36.4 Å². The van der Waals surface area contributed by atoms with E-state index in [1.54, 1.807) is 0 Å². The predicted molar refractivity (Wildman–Crippen MR) is 75.5 cm³/mol. The van der Waals surface area contributed by atoms with Gasteiger partial charge in [-0.25, -0.2) is 8.78 Å². The van der Waals surface area contributed by atoms with Crippen LogP contribution in [0.4, 0.5) is 8.78 Å². The maximum absolute atomic E-state index is 13.5. The number of benzene rings is 2. The van der Waals surface area contributed by atoms with Gasteiger partial charge in [-0.15, -0.1) is 0 Å². The largest absolute Gasteiger partial charge is 0.494 e. The van der Waals surface area contributed by atoms with E-state index in [-0.39, 0.29) is 22.9 Å². The fourth-order valence-electron chi connectivity index (χ4n) is 1.74. The van der Waals surface area contributed by atoms with Crippen molar-refractivity contribution in [2.45, 2.75) is 6.54 Å². The molecule has 0 spiro atoms. The van der Waals surface area contributed by atoms with Crippen LogP contribution in [0.3, 0.4) is 0 Å². The molecule has 0 heterocycles. The summed E-state index contributed by atoms with van der Waals surface area (Å²) in [5, 5.41) is 2.58. The fraction of sp³-hybridized carbons (Fsp3) is 0.133. The van der Waals surface area contributed by atoms with E-state index in [0.717, 1.165) is 6.07 Å². The number of hydrogen-bond donors (Lipinski definition) is 1. The molecule has 1 amide bonds. The molecule has 0 bridgehead atoms. The number of amides is 1. The zero-order chi connectivity index (χ0) is 15.4.